The van der Waals surface area contributed by atoms with Gasteiger partial charge in [-0.1, -0.05) is 18.2 Å². The number of likely N-dealkylation sites (tertiary alicyclic amines) is 1. The molecule has 9 nitrogen and oxygen atoms in total. The van der Waals surface area contributed by atoms with Crippen LogP contribution in [-0.4, -0.2) is 80.7 Å². The zero-order valence-corrected chi connectivity index (χ0v) is 21.3. The van der Waals surface area contributed by atoms with Gasteiger partial charge in [0.05, 0.1) is 19.3 Å². The predicted octanol–water partition coefficient (Wildman–Crippen LogP) is 2.37. The third-order valence-corrected chi connectivity index (χ3v) is 5.50. The van der Waals surface area contributed by atoms with Crippen LogP contribution < -0.4 is 15.4 Å². The first-order valence-electron chi connectivity index (χ1n) is 10.9. The van der Waals surface area contributed by atoms with Crippen molar-refractivity contribution < 1.29 is 19.1 Å². The summed E-state index contributed by atoms with van der Waals surface area (Å²) in [6, 6.07) is 8.17. The van der Waals surface area contributed by atoms with Crippen molar-refractivity contribution in [3.63, 3.8) is 0 Å². The Hall–Kier alpha value is -2.24. The topological polar surface area (TPSA) is 95.5 Å². The lowest BCUT2D eigenvalue weighted by Crippen LogP contribution is -2.51. The Morgan fingerprint density at radius 2 is 1.91 bits per heavy atom. The first-order valence-corrected chi connectivity index (χ1v) is 10.9. The van der Waals surface area contributed by atoms with Gasteiger partial charge in [-0.15, -0.1) is 24.0 Å². The second-order valence-corrected chi connectivity index (χ2v) is 7.93. The van der Waals surface area contributed by atoms with Crippen LogP contribution in [0.2, 0.25) is 0 Å². The van der Waals surface area contributed by atoms with E-state index in [0.717, 1.165) is 30.6 Å². The molecule has 1 aromatic rings. The summed E-state index contributed by atoms with van der Waals surface area (Å²) in [6.45, 7) is 4.13. The number of nitrogens with zero attached hydrogens (tertiary/aromatic N) is 3. The molecule has 0 aliphatic carbocycles. The van der Waals surface area contributed by atoms with Gasteiger partial charge in [-0.05, 0) is 25.8 Å². The second-order valence-electron chi connectivity index (χ2n) is 7.93. The molecule has 178 valence electrons. The SMILES string of the molecule is CCOC(=O)N1CCC(NC(=NCC(=O)N(C)C)NC2CCOc3ccccc32)CC1.I. The van der Waals surface area contributed by atoms with Crippen molar-refractivity contribution in [1.29, 1.82) is 0 Å². The smallest absolute Gasteiger partial charge is 0.409 e. The Balaban J connectivity index is 0.00000363. The van der Waals surface area contributed by atoms with Crippen LogP contribution in [0.5, 0.6) is 5.75 Å². The summed E-state index contributed by atoms with van der Waals surface area (Å²) in [5.41, 5.74) is 1.08. The number of ether oxygens (including phenoxy) is 2. The molecular formula is C22H34IN5O4. The number of halogens is 1. The molecule has 0 spiro atoms. The maximum Gasteiger partial charge on any atom is 0.409 e. The average Bonchev–Trinajstić information content (AvgIpc) is 2.78. The minimum Gasteiger partial charge on any atom is -0.493 e. The Morgan fingerprint density at radius 3 is 2.59 bits per heavy atom. The minimum absolute atomic E-state index is 0. The predicted molar refractivity (Wildman–Crippen MR) is 134 cm³/mol. The number of carbonyl (C=O) groups is 2. The molecule has 2 amide bonds. The van der Waals surface area contributed by atoms with Crippen LogP contribution in [0.1, 0.15) is 37.8 Å². The minimum atomic E-state index is -0.261. The lowest BCUT2D eigenvalue weighted by molar-refractivity contribution is -0.127. The highest BCUT2D eigenvalue weighted by Crippen LogP contribution is 2.31. The van der Waals surface area contributed by atoms with Gasteiger partial charge in [0.2, 0.25) is 5.91 Å². The van der Waals surface area contributed by atoms with Crippen LogP contribution in [0.15, 0.2) is 29.3 Å². The number of aliphatic imine (C=N–C) groups is 1. The van der Waals surface area contributed by atoms with Crippen LogP contribution >= 0.6 is 24.0 Å². The molecule has 0 bridgehead atoms. The normalized spacial score (nSPS) is 18.5. The van der Waals surface area contributed by atoms with Gasteiger partial charge in [0, 0.05) is 45.2 Å². The summed E-state index contributed by atoms with van der Waals surface area (Å²) in [5, 5.41) is 6.96. The van der Waals surface area contributed by atoms with Crippen molar-refractivity contribution in [2.45, 2.75) is 38.3 Å². The standard InChI is InChI=1S/C22H33N5O4.HI/c1-4-30-22(29)27-12-9-16(10-13-27)24-21(23-15-20(28)26(2)3)25-18-11-14-31-19-8-6-5-7-17(18)19;/h5-8,16,18H,4,9-15H2,1-3H3,(H2,23,24,25);1H. The monoisotopic (exact) mass is 559 g/mol. The van der Waals surface area contributed by atoms with Gasteiger partial charge in [-0.25, -0.2) is 9.79 Å². The number of hydrogen-bond acceptors (Lipinski definition) is 5. The number of para-hydroxylation sites is 1. The first kappa shape index (κ1) is 26.0. The van der Waals surface area contributed by atoms with Crippen LogP contribution in [0.3, 0.4) is 0 Å². The molecule has 2 aliphatic rings. The van der Waals surface area contributed by atoms with Crippen molar-refractivity contribution in [2.24, 2.45) is 4.99 Å². The van der Waals surface area contributed by atoms with E-state index in [1.54, 1.807) is 19.0 Å². The van der Waals surface area contributed by atoms with E-state index in [2.05, 4.69) is 15.6 Å². The molecule has 2 aliphatic heterocycles. The molecule has 2 N–H and O–H groups in total. The van der Waals surface area contributed by atoms with Gasteiger partial charge in [0.25, 0.3) is 0 Å². The number of fused-ring (bicyclic) bond motifs is 1. The van der Waals surface area contributed by atoms with E-state index < -0.39 is 0 Å². The van der Waals surface area contributed by atoms with E-state index in [-0.39, 0.29) is 54.6 Å². The molecule has 3 rings (SSSR count). The van der Waals surface area contributed by atoms with Gasteiger partial charge in [0.1, 0.15) is 12.3 Å². The molecule has 2 heterocycles. The molecule has 1 atom stereocenters. The van der Waals surface area contributed by atoms with E-state index in [1.165, 1.54) is 4.90 Å². The van der Waals surface area contributed by atoms with E-state index in [9.17, 15) is 9.59 Å². The average molecular weight is 559 g/mol. The summed E-state index contributed by atoms with van der Waals surface area (Å²) in [7, 11) is 3.44. The van der Waals surface area contributed by atoms with E-state index in [4.69, 9.17) is 9.47 Å². The van der Waals surface area contributed by atoms with Gasteiger partial charge in [-0.2, -0.15) is 0 Å². The van der Waals surface area contributed by atoms with Gasteiger partial charge in [0.15, 0.2) is 5.96 Å². The molecule has 0 aromatic heterocycles. The third kappa shape index (κ3) is 7.14. The number of likely N-dealkylation sites (N-methyl/N-ethyl adjacent to an activating group) is 1. The Morgan fingerprint density at radius 1 is 1.19 bits per heavy atom. The number of guanidine groups is 1. The molecule has 0 radical (unpaired) electrons. The Bertz CT molecular complexity index is 796. The lowest BCUT2D eigenvalue weighted by Gasteiger charge is -2.34. The van der Waals surface area contributed by atoms with Crippen molar-refractivity contribution in [2.75, 3.05) is 46.9 Å². The van der Waals surface area contributed by atoms with Crippen LogP contribution in [0, 0.1) is 0 Å². The van der Waals surface area contributed by atoms with E-state index in [1.807, 2.05) is 31.2 Å². The van der Waals surface area contributed by atoms with Gasteiger partial charge in [-0.3, -0.25) is 4.79 Å². The van der Waals surface area contributed by atoms with E-state index in [0.29, 0.717) is 32.3 Å². The van der Waals surface area contributed by atoms with Gasteiger partial charge >= 0.3 is 6.09 Å². The Kier molecular flexibility index (Phi) is 10.3. The van der Waals surface area contributed by atoms with Crippen molar-refractivity contribution in [3.8, 4) is 5.75 Å². The maximum atomic E-state index is 12.1. The summed E-state index contributed by atoms with van der Waals surface area (Å²) in [6.07, 6.45) is 2.11. The summed E-state index contributed by atoms with van der Waals surface area (Å²) in [4.78, 5) is 31.8. The van der Waals surface area contributed by atoms with Crippen molar-refractivity contribution in [1.82, 2.24) is 20.4 Å². The molecule has 1 saturated heterocycles. The number of rotatable bonds is 5. The molecule has 1 unspecified atom stereocenters. The fourth-order valence-corrected chi connectivity index (χ4v) is 3.69. The quantitative estimate of drug-likeness (QED) is 0.327. The van der Waals surface area contributed by atoms with E-state index >= 15 is 0 Å². The highest BCUT2D eigenvalue weighted by atomic mass is 127. The van der Waals surface area contributed by atoms with Crippen molar-refractivity contribution >= 4 is 41.9 Å². The molecule has 1 aromatic carbocycles. The third-order valence-electron chi connectivity index (χ3n) is 5.50. The molecule has 1 fully saturated rings. The number of piperidine rings is 1. The number of nitrogens with one attached hydrogen (secondary N) is 2. The largest absolute Gasteiger partial charge is 0.493 e. The second kappa shape index (κ2) is 12.7. The highest BCUT2D eigenvalue weighted by Gasteiger charge is 2.26. The molecule has 0 saturated carbocycles. The number of benzene rings is 1. The number of carbonyl (C=O) groups excluding carboxylic acids is 2. The van der Waals surface area contributed by atoms with Gasteiger partial charge < -0.3 is 29.9 Å². The highest BCUT2D eigenvalue weighted by molar-refractivity contribution is 14.0. The Labute approximate surface area is 206 Å². The molecule has 10 heteroatoms. The van der Waals surface area contributed by atoms with Crippen LogP contribution in [0.25, 0.3) is 0 Å². The fourth-order valence-electron chi connectivity index (χ4n) is 3.69. The van der Waals surface area contributed by atoms with Crippen LogP contribution in [-0.2, 0) is 9.53 Å². The van der Waals surface area contributed by atoms with Crippen molar-refractivity contribution in [3.05, 3.63) is 29.8 Å². The lowest BCUT2D eigenvalue weighted by atomic mass is 10.0. The summed E-state index contributed by atoms with van der Waals surface area (Å²) in [5.74, 6) is 1.41. The fraction of sp³-hybridized carbons (Fsp3) is 0.591. The summed E-state index contributed by atoms with van der Waals surface area (Å²) >= 11 is 0. The summed E-state index contributed by atoms with van der Waals surface area (Å²) < 4.78 is 10.9. The first-order chi connectivity index (χ1) is 15.0. The number of amides is 2. The number of hydrogen-bond donors (Lipinski definition) is 2. The zero-order valence-electron chi connectivity index (χ0n) is 19.0. The molecular weight excluding hydrogens is 525 g/mol. The zero-order chi connectivity index (χ0) is 22.2. The maximum absolute atomic E-state index is 12.1. The molecule has 32 heavy (non-hydrogen) atoms. The van der Waals surface area contributed by atoms with Crippen LogP contribution in [0.4, 0.5) is 4.79 Å².